The van der Waals surface area contributed by atoms with Crippen LogP contribution >= 0.6 is 22.6 Å². The predicted molar refractivity (Wildman–Crippen MR) is 171 cm³/mol. The molecule has 0 bridgehead atoms. The fourth-order valence-corrected chi connectivity index (χ4v) is 6.39. The van der Waals surface area contributed by atoms with Gasteiger partial charge in [-0.2, -0.15) is 0 Å². The van der Waals surface area contributed by atoms with Crippen LogP contribution in [0.4, 0.5) is 0 Å². The van der Waals surface area contributed by atoms with Crippen LogP contribution in [0.2, 0.25) is 0 Å². The topological polar surface area (TPSA) is 138 Å². The van der Waals surface area contributed by atoms with E-state index in [1.807, 2.05) is 22.6 Å². The zero-order valence-electron chi connectivity index (χ0n) is 23.9. The lowest BCUT2D eigenvalue weighted by Gasteiger charge is -2.22. The van der Waals surface area contributed by atoms with Crippen LogP contribution < -0.4 is 29.8 Å². The molecule has 0 aliphatic heterocycles. The van der Waals surface area contributed by atoms with E-state index < -0.39 is 10.9 Å². The second-order valence-corrected chi connectivity index (χ2v) is 11.0. The first kappa shape index (κ1) is 28.5. The highest BCUT2D eigenvalue weighted by Crippen LogP contribution is 2.54. The number of methoxy groups -OCH3 is 4. The van der Waals surface area contributed by atoms with Crippen LogP contribution in [0.1, 0.15) is 11.5 Å². The third kappa shape index (κ3) is 4.05. The number of fused-ring (bicyclic) bond motifs is 5. The van der Waals surface area contributed by atoms with Crippen LogP contribution in [0.3, 0.4) is 0 Å². The summed E-state index contributed by atoms with van der Waals surface area (Å²) in [4.78, 5) is 26.5. The predicted octanol–water partition coefficient (Wildman–Crippen LogP) is 6.54. The Morgan fingerprint density at radius 1 is 0.628 bits per heavy atom. The van der Waals surface area contributed by atoms with Crippen molar-refractivity contribution < 1.29 is 38.0 Å². The molecule has 0 spiro atoms. The smallest absolute Gasteiger partial charge is 0.196 e. The molecule has 0 unspecified atom stereocenters. The van der Waals surface area contributed by atoms with Crippen molar-refractivity contribution in [2.75, 3.05) is 28.4 Å². The lowest BCUT2D eigenvalue weighted by molar-refractivity contribution is 0.396. The first-order valence-electron chi connectivity index (χ1n) is 12.9. The maximum Gasteiger partial charge on any atom is 0.196 e. The van der Waals surface area contributed by atoms with Gasteiger partial charge in [0.1, 0.15) is 56.8 Å². The molecule has 2 N–H and O–H groups in total. The van der Waals surface area contributed by atoms with Gasteiger partial charge in [-0.1, -0.05) is 0 Å². The molecule has 0 atom stereocenters. The SMILES string of the molecule is COc1cc(OC)c2c(O)c3c(=O)cc(C)oc3c(-c3c(OC)cc4c(I)c(O)c5c(=O)cc(C)oc5c4c3OC)c2c1. The van der Waals surface area contributed by atoms with Gasteiger partial charge < -0.3 is 38.0 Å². The van der Waals surface area contributed by atoms with Crippen LogP contribution in [-0.2, 0) is 0 Å². The van der Waals surface area contributed by atoms with Crippen molar-refractivity contribution in [3.63, 3.8) is 0 Å². The molecule has 0 aliphatic rings. The van der Waals surface area contributed by atoms with Crippen LogP contribution in [-0.4, -0.2) is 38.7 Å². The summed E-state index contributed by atoms with van der Waals surface area (Å²) in [5.41, 5.74) is -0.0451. The molecule has 6 rings (SSSR count). The number of rotatable bonds is 5. The van der Waals surface area contributed by atoms with Gasteiger partial charge in [0.15, 0.2) is 22.0 Å². The van der Waals surface area contributed by atoms with E-state index in [2.05, 4.69) is 0 Å². The molecule has 2 aromatic heterocycles. The number of hydrogen-bond acceptors (Lipinski definition) is 10. The highest BCUT2D eigenvalue weighted by Gasteiger charge is 2.30. The standard InChI is InChI=1S/C32H25IO10/c1-12-7-17(34)24-28(36)21-15(9-14(38-3)10-19(21)39-4)22(31(24)42-12)26-20(40-5)11-16-23(30(26)41-6)32-25(29(37)27(16)33)18(35)8-13(2)43-32/h7-11,36-37H,1-6H3. The highest BCUT2D eigenvalue weighted by molar-refractivity contribution is 14.1. The molecular weight excluding hydrogens is 671 g/mol. The Morgan fingerprint density at radius 2 is 1.23 bits per heavy atom. The van der Waals surface area contributed by atoms with Crippen molar-refractivity contribution in [1.82, 2.24) is 0 Å². The van der Waals surface area contributed by atoms with E-state index in [-0.39, 0.29) is 56.1 Å². The Hall–Kier alpha value is -4.65. The van der Waals surface area contributed by atoms with E-state index in [4.69, 9.17) is 27.8 Å². The van der Waals surface area contributed by atoms with Crippen molar-refractivity contribution in [2.45, 2.75) is 13.8 Å². The Kier molecular flexibility index (Phi) is 6.79. The van der Waals surface area contributed by atoms with Crippen molar-refractivity contribution >= 4 is 66.1 Å². The van der Waals surface area contributed by atoms with E-state index in [0.29, 0.717) is 48.1 Å². The summed E-state index contributed by atoms with van der Waals surface area (Å²) in [5, 5.41) is 24.0. The summed E-state index contributed by atoms with van der Waals surface area (Å²) < 4.78 is 35.8. The number of aryl methyl sites for hydroxylation is 2. The number of ether oxygens (including phenoxy) is 4. The van der Waals surface area contributed by atoms with Gasteiger partial charge in [0.2, 0.25) is 0 Å². The molecule has 6 aromatic rings. The Bertz CT molecular complexity index is 2280. The molecule has 0 saturated heterocycles. The molecule has 0 aliphatic carbocycles. The molecule has 2 heterocycles. The van der Waals surface area contributed by atoms with Crippen molar-refractivity contribution in [1.29, 1.82) is 0 Å². The Labute approximate surface area is 257 Å². The number of aromatic hydroxyl groups is 2. The summed E-state index contributed by atoms with van der Waals surface area (Å²) in [6.45, 7) is 3.26. The van der Waals surface area contributed by atoms with Gasteiger partial charge in [-0.15, -0.1) is 0 Å². The summed E-state index contributed by atoms with van der Waals surface area (Å²) in [6.07, 6.45) is 0. The van der Waals surface area contributed by atoms with Gasteiger partial charge in [-0.05, 0) is 48.6 Å². The Morgan fingerprint density at radius 3 is 1.81 bits per heavy atom. The van der Waals surface area contributed by atoms with Gasteiger partial charge in [-0.3, -0.25) is 9.59 Å². The zero-order chi connectivity index (χ0) is 30.9. The molecule has 0 amide bonds. The molecular formula is C32H25IO10. The minimum absolute atomic E-state index is 0.0111. The molecule has 4 aromatic carbocycles. The average molecular weight is 696 g/mol. The fourth-order valence-electron chi connectivity index (χ4n) is 5.70. The summed E-state index contributed by atoms with van der Waals surface area (Å²) in [7, 11) is 5.85. The minimum Gasteiger partial charge on any atom is -0.506 e. The van der Waals surface area contributed by atoms with Crippen LogP contribution in [0.25, 0.3) is 54.6 Å². The van der Waals surface area contributed by atoms with Gasteiger partial charge >= 0.3 is 0 Å². The minimum atomic E-state index is -0.470. The van der Waals surface area contributed by atoms with Crippen molar-refractivity contribution in [3.05, 3.63) is 65.9 Å². The van der Waals surface area contributed by atoms with Gasteiger partial charge in [0.25, 0.3) is 0 Å². The largest absolute Gasteiger partial charge is 0.506 e. The monoisotopic (exact) mass is 696 g/mol. The quantitative estimate of drug-likeness (QED) is 0.116. The molecule has 11 heteroatoms. The summed E-state index contributed by atoms with van der Waals surface area (Å²) in [6, 6.07) is 7.56. The van der Waals surface area contributed by atoms with E-state index >= 15 is 0 Å². The van der Waals surface area contributed by atoms with Crippen LogP contribution in [0.15, 0.2) is 48.8 Å². The van der Waals surface area contributed by atoms with E-state index in [1.54, 1.807) is 32.0 Å². The number of halogens is 1. The first-order chi connectivity index (χ1) is 20.6. The average Bonchev–Trinajstić information content (AvgIpc) is 2.97. The van der Waals surface area contributed by atoms with Gasteiger partial charge in [-0.25, -0.2) is 0 Å². The molecule has 0 fully saturated rings. The van der Waals surface area contributed by atoms with E-state index in [1.165, 1.54) is 40.6 Å². The second kappa shape index (κ2) is 10.3. The first-order valence-corrected chi connectivity index (χ1v) is 14.0. The maximum absolute atomic E-state index is 13.4. The lowest BCUT2D eigenvalue weighted by atomic mass is 9.90. The number of phenols is 2. The van der Waals surface area contributed by atoms with Crippen molar-refractivity contribution in [3.8, 4) is 45.6 Å². The third-order valence-corrected chi connectivity index (χ3v) is 8.56. The molecule has 43 heavy (non-hydrogen) atoms. The molecule has 220 valence electrons. The van der Waals surface area contributed by atoms with Crippen molar-refractivity contribution in [2.24, 2.45) is 0 Å². The lowest BCUT2D eigenvalue weighted by Crippen LogP contribution is -2.06. The van der Waals surface area contributed by atoms with Gasteiger partial charge in [0, 0.05) is 34.5 Å². The van der Waals surface area contributed by atoms with Crippen LogP contribution in [0.5, 0.6) is 34.5 Å². The summed E-state index contributed by atoms with van der Waals surface area (Å²) >= 11 is 1.96. The van der Waals surface area contributed by atoms with Gasteiger partial charge in [0.05, 0.1) is 48.3 Å². The normalized spacial score (nSPS) is 11.5. The highest BCUT2D eigenvalue weighted by atomic mass is 127. The maximum atomic E-state index is 13.4. The zero-order valence-corrected chi connectivity index (χ0v) is 26.1. The fraction of sp³-hybridized carbons (Fsp3) is 0.188. The number of hydrogen-bond donors (Lipinski definition) is 2. The number of benzene rings is 4. The van der Waals surface area contributed by atoms with E-state index in [9.17, 15) is 19.8 Å². The Balaban J connectivity index is 2.00. The molecule has 0 saturated carbocycles. The van der Waals surface area contributed by atoms with Crippen LogP contribution in [0, 0.1) is 17.4 Å². The number of phenolic OH excluding ortho intramolecular Hbond substituents is 2. The van der Waals surface area contributed by atoms with E-state index in [0.717, 1.165) is 0 Å². The molecule has 10 nitrogen and oxygen atoms in total. The summed E-state index contributed by atoms with van der Waals surface area (Å²) in [5.74, 6) is 1.23. The second-order valence-electron chi connectivity index (χ2n) is 9.90. The third-order valence-electron chi connectivity index (χ3n) is 7.47. The molecule has 0 radical (unpaired) electrons.